The number of carboxylic acid groups (broad SMARTS) is 1. The van der Waals surface area contributed by atoms with E-state index in [1.807, 2.05) is 25.1 Å². The van der Waals surface area contributed by atoms with Gasteiger partial charge >= 0.3 is 18.9 Å². The van der Waals surface area contributed by atoms with Crippen molar-refractivity contribution in [1.82, 2.24) is 4.98 Å². The van der Waals surface area contributed by atoms with Gasteiger partial charge in [0.15, 0.2) is 0 Å². The van der Waals surface area contributed by atoms with Crippen molar-refractivity contribution < 1.29 is 28.8 Å². The predicted octanol–water partition coefficient (Wildman–Crippen LogP) is -3.56. The van der Waals surface area contributed by atoms with Gasteiger partial charge in [0, 0.05) is 32.7 Å². The molecular formula is C9H11LiN2O2. The van der Waals surface area contributed by atoms with Crippen LogP contribution in [0, 0.1) is 0 Å². The number of carboxylic acids is 1. The zero-order chi connectivity index (χ0) is 9.84. The summed E-state index contributed by atoms with van der Waals surface area (Å²) in [6.45, 7) is 0. The van der Waals surface area contributed by atoms with E-state index >= 15 is 0 Å². The number of rotatable bonds is 3. The summed E-state index contributed by atoms with van der Waals surface area (Å²) in [4.78, 5) is 16.2. The third kappa shape index (κ3) is 3.41. The van der Waals surface area contributed by atoms with Crippen molar-refractivity contribution in [1.29, 1.82) is 0 Å². The van der Waals surface area contributed by atoms with Crippen LogP contribution in [0.5, 0.6) is 0 Å². The van der Waals surface area contributed by atoms with Gasteiger partial charge in [0.05, 0.1) is 11.4 Å². The Morgan fingerprint density at radius 2 is 2.21 bits per heavy atom. The number of carbonyl (C=O) groups excluding carboxylic acids is 1. The molecule has 0 aliphatic rings. The van der Waals surface area contributed by atoms with Crippen LogP contribution in [-0.2, 0) is 11.2 Å². The fraction of sp³-hybridized carbons (Fsp3) is 0.333. The van der Waals surface area contributed by atoms with Crippen LogP contribution in [0.1, 0.15) is 5.69 Å². The van der Waals surface area contributed by atoms with Crippen LogP contribution in [0.25, 0.3) is 0 Å². The zero-order valence-electron chi connectivity index (χ0n) is 8.65. The van der Waals surface area contributed by atoms with E-state index in [0.29, 0.717) is 5.69 Å². The second-order valence-electron chi connectivity index (χ2n) is 2.91. The maximum Gasteiger partial charge on any atom is 1.00 e. The minimum atomic E-state index is -1.11. The third-order valence-corrected chi connectivity index (χ3v) is 1.66. The van der Waals surface area contributed by atoms with E-state index < -0.39 is 5.97 Å². The molecule has 0 fully saturated rings. The molecule has 1 heterocycles. The second kappa shape index (κ2) is 5.69. The first kappa shape index (κ1) is 13.0. The minimum absolute atomic E-state index is 0. The fourth-order valence-electron chi connectivity index (χ4n) is 1.11. The molecule has 0 N–H and O–H groups in total. The average molecular weight is 186 g/mol. The van der Waals surface area contributed by atoms with Gasteiger partial charge in [-0.1, -0.05) is 0 Å². The van der Waals surface area contributed by atoms with Gasteiger partial charge in [0.2, 0.25) is 0 Å². The van der Waals surface area contributed by atoms with Gasteiger partial charge in [-0.25, -0.2) is 0 Å². The molecule has 0 amide bonds. The van der Waals surface area contributed by atoms with E-state index in [-0.39, 0.29) is 25.3 Å². The Kier molecular flexibility index (Phi) is 5.29. The summed E-state index contributed by atoms with van der Waals surface area (Å²) in [6.07, 6.45) is 1.43. The summed E-state index contributed by atoms with van der Waals surface area (Å²) in [6, 6.07) is 3.60. The van der Waals surface area contributed by atoms with Crippen molar-refractivity contribution in [2.45, 2.75) is 6.42 Å². The Hall–Kier alpha value is -0.983. The number of nitrogens with zero attached hydrogens (tertiary/aromatic N) is 2. The van der Waals surface area contributed by atoms with Gasteiger partial charge in [-0.3, -0.25) is 4.98 Å². The van der Waals surface area contributed by atoms with Gasteiger partial charge in [-0.2, -0.15) is 0 Å². The Labute approximate surface area is 95.1 Å². The first-order valence-corrected chi connectivity index (χ1v) is 3.92. The number of hydrogen-bond acceptors (Lipinski definition) is 4. The van der Waals surface area contributed by atoms with E-state index in [1.165, 1.54) is 0 Å². The molecular weight excluding hydrogens is 175 g/mol. The first-order chi connectivity index (χ1) is 6.11. The second-order valence-corrected chi connectivity index (χ2v) is 2.91. The number of anilines is 1. The molecule has 5 heteroatoms. The number of carbonyl (C=O) groups is 1. The van der Waals surface area contributed by atoms with Crippen LogP contribution >= 0.6 is 0 Å². The summed E-state index contributed by atoms with van der Waals surface area (Å²) in [5.41, 5.74) is 1.35. The molecule has 0 spiro atoms. The number of hydrogen-bond donors (Lipinski definition) is 0. The molecule has 0 saturated heterocycles. The Morgan fingerprint density at radius 3 is 2.71 bits per heavy atom. The van der Waals surface area contributed by atoms with E-state index in [9.17, 15) is 9.90 Å². The van der Waals surface area contributed by atoms with Crippen LogP contribution in [0.15, 0.2) is 18.3 Å². The largest absolute Gasteiger partial charge is 1.00 e. The molecule has 1 rings (SSSR count). The minimum Gasteiger partial charge on any atom is -0.550 e. The molecule has 1 aromatic heterocycles. The molecule has 0 unspecified atom stereocenters. The van der Waals surface area contributed by atoms with Gasteiger partial charge < -0.3 is 14.8 Å². The molecule has 14 heavy (non-hydrogen) atoms. The Bertz CT molecular complexity index is 315. The van der Waals surface area contributed by atoms with Crippen molar-refractivity contribution >= 4 is 11.7 Å². The van der Waals surface area contributed by atoms with E-state index in [0.717, 1.165) is 5.69 Å². The number of aromatic nitrogens is 1. The summed E-state index contributed by atoms with van der Waals surface area (Å²) in [7, 11) is 3.69. The maximum absolute atomic E-state index is 10.4. The molecule has 0 bridgehead atoms. The van der Waals surface area contributed by atoms with Crippen molar-refractivity contribution in [2.75, 3.05) is 19.0 Å². The van der Waals surface area contributed by atoms with Crippen molar-refractivity contribution in [2.24, 2.45) is 0 Å². The van der Waals surface area contributed by atoms with E-state index in [2.05, 4.69) is 4.98 Å². The van der Waals surface area contributed by atoms with Gasteiger partial charge in [-0.15, -0.1) is 0 Å². The van der Waals surface area contributed by atoms with Crippen LogP contribution in [0.2, 0.25) is 0 Å². The normalized spacial score (nSPS) is 9.00. The average Bonchev–Trinajstić information content (AvgIpc) is 2.03. The SMILES string of the molecule is CN(C)c1cccnc1CC(=O)[O-].[Li+]. The van der Waals surface area contributed by atoms with Gasteiger partial charge in [-0.05, 0) is 12.1 Å². The molecule has 70 valence electrons. The Morgan fingerprint density at radius 1 is 1.57 bits per heavy atom. The maximum atomic E-state index is 10.4. The van der Waals surface area contributed by atoms with Crippen LogP contribution in [0.3, 0.4) is 0 Å². The standard InChI is InChI=1S/C9H12N2O2.Li/c1-11(2)8-4-3-5-10-7(8)6-9(12)13;/h3-5H,6H2,1-2H3,(H,12,13);/q;+1/p-1. The summed E-state index contributed by atoms with van der Waals surface area (Å²) in [5, 5.41) is 10.4. The van der Waals surface area contributed by atoms with Gasteiger partial charge in [0.1, 0.15) is 0 Å². The quantitative estimate of drug-likeness (QED) is 0.458. The van der Waals surface area contributed by atoms with Crippen LogP contribution < -0.4 is 28.9 Å². The smallest absolute Gasteiger partial charge is 0.550 e. The monoisotopic (exact) mass is 186 g/mol. The Balaban J connectivity index is 0.00000169. The number of aliphatic carboxylic acids is 1. The molecule has 0 atom stereocenters. The fourth-order valence-corrected chi connectivity index (χ4v) is 1.11. The predicted molar refractivity (Wildman–Crippen MR) is 47.3 cm³/mol. The molecule has 0 aliphatic carbocycles. The molecule has 1 aromatic rings. The van der Waals surface area contributed by atoms with Crippen molar-refractivity contribution in [3.05, 3.63) is 24.0 Å². The van der Waals surface area contributed by atoms with E-state index in [4.69, 9.17) is 0 Å². The van der Waals surface area contributed by atoms with E-state index in [1.54, 1.807) is 12.3 Å². The van der Waals surface area contributed by atoms with Gasteiger partial charge in [0.25, 0.3) is 0 Å². The summed E-state index contributed by atoms with van der Waals surface area (Å²) >= 11 is 0. The number of pyridine rings is 1. The molecule has 0 saturated carbocycles. The zero-order valence-corrected chi connectivity index (χ0v) is 8.65. The molecule has 4 nitrogen and oxygen atoms in total. The third-order valence-electron chi connectivity index (χ3n) is 1.66. The summed E-state index contributed by atoms with van der Waals surface area (Å²) in [5.74, 6) is -1.11. The molecule has 0 radical (unpaired) electrons. The van der Waals surface area contributed by atoms with Crippen molar-refractivity contribution in [3.8, 4) is 0 Å². The van der Waals surface area contributed by atoms with Crippen LogP contribution in [-0.4, -0.2) is 25.0 Å². The first-order valence-electron chi connectivity index (χ1n) is 3.92. The van der Waals surface area contributed by atoms with Crippen molar-refractivity contribution in [3.63, 3.8) is 0 Å². The molecule has 0 aliphatic heterocycles. The summed E-state index contributed by atoms with van der Waals surface area (Å²) < 4.78 is 0. The molecule has 0 aromatic carbocycles. The van der Waals surface area contributed by atoms with Crippen LogP contribution in [0.4, 0.5) is 5.69 Å². The topological polar surface area (TPSA) is 56.3 Å².